The Labute approximate surface area is 128 Å². The van der Waals surface area contributed by atoms with E-state index in [1.807, 2.05) is 0 Å². The second-order valence-electron chi connectivity index (χ2n) is 3.86. The number of hydrogen-bond donors (Lipinski definition) is 1. The lowest BCUT2D eigenvalue weighted by molar-refractivity contribution is -0.142. The number of amides is 1. The lowest BCUT2D eigenvalue weighted by Crippen LogP contribution is -2.26. The summed E-state index contributed by atoms with van der Waals surface area (Å²) in [6.07, 6.45) is 3.46. The molecule has 21 heavy (non-hydrogen) atoms. The molecule has 0 spiro atoms. The molecule has 7 heteroatoms. The minimum Gasteiger partial charge on any atom is -0.461 e. The highest BCUT2D eigenvalue weighted by atomic mass is 32.2. The van der Waals surface area contributed by atoms with Crippen molar-refractivity contribution in [1.82, 2.24) is 5.32 Å². The first-order valence-corrected chi connectivity index (χ1v) is 7.52. The molecule has 0 saturated carbocycles. The Bertz CT molecular complexity index is 370. The number of carbonyl (C=O) groups is 3. The Kier molecular flexibility index (Phi) is 12.1. The van der Waals surface area contributed by atoms with Crippen LogP contribution in [0.5, 0.6) is 0 Å². The molecule has 0 bridgehead atoms. The Hall–Kier alpha value is -1.76. The second-order valence-corrected chi connectivity index (χ2v) is 5.01. The van der Waals surface area contributed by atoms with E-state index in [1.54, 1.807) is 0 Å². The zero-order valence-electron chi connectivity index (χ0n) is 12.0. The minimum absolute atomic E-state index is 0.0431. The maximum absolute atomic E-state index is 11.5. The summed E-state index contributed by atoms with van der Waals surface area (Å²) in [5.41, 5.74) is 0. The smallest absolute Gasteiger partial charge is 0.407 e. The van der Waals surface area contributed by atoms with Gasteiger partial charge in [0.2, 0.25) is 0 Å². The van der Waals surface area contributed by atoms with Crippen molar-refractivity contribution >= 4 is 28.9 Å². The van der Waals surface area contributed by atoms with Gasteiger partial charge in [-0.05, 0) is 6.42 Å². The summed E-state index contributed by atoms with van der Waals surface area (Å²) in [7, 11) is 0. The number of alkyl carbamates (subject to hydrolysis) is 1. The first kappa shape index (κ1) is 19.2. The van der Waals surface area contributed by atoms with Crippen molar-refractivity contribution < 1.29 is 23.9 Å². The maximum atomic E-state index is 11.5. The van der Waals surface area contributed by atoms with Gasteiger partial charge in [0.25, 0.3) is 0 Å². The molecule has 0 aromatic rings. The number of rotatable bonds is 11. The van der Waals surface area contributed by atoms with Crippen LogP contribution >= 0.6 is 11.8 Å². The second kappa shape index (κ2) is 13.2. The molecule has 0 aliphatic heterocycles. The quantitative estimate of drug-likeness (QED) is 0.357. The van der Waals surface area contributed by atoms with Crippen LogP contribution in [0.3, 0.4) is 0 Å². The molecule has 0 saturated heterocycles. The number of nitrogens with one attached hydrogen (secondary N) is 1. The third-order valence-electron chi connectivity index (χ3n) is 2.08. The molecule has 0 aliphatic carbocycles. The summed E-state index contributed by atoms with van der Waals surface area (Å²) in [6, 6.07) is 0. The number of carbonyl (C=O) groups excluding carboxylic acids is 3. The fourth-order valence-electron chi connectivity index (χ4n) is 1.15. The van der Waals surface area contributed by atoms with Crippen molar-refractivity contribution in [3.63, 3.8) is 0 Å². The van der Waals surface area contributed by atoms with E-state index >= 15 is 0 Å². The van der Waals surface area contributed by atoms with Crippen molar-refractivity contribution in [3.8, 4) is 0 Å². The molecule has 0 fully saturated rings. The van der Waals surface area contributed by atoms with Gasteiger partial charge in [-0.25, -0.2) is 4.79 Å². The summed E-state index contributed by atoms with van der Waals surface area (Å²) in [6.45, 7) is 7.42. The summed E-state index contributed by atoms with van der Waals surface area (Å²) in [5, 5.41) is 2.41. The highest BCUT2D eigenvalue weighted by molar-refractivity contribution is 8.13. The number of esters is 1. The summed E-state index contributed by atoms with van der Waals surface area (Å²) in [4.78, 5) is 33.7. The maximum Gasteiger partial charge on any atom is 0.407 e. The van der Waals surface area contributed by atoms with Crippen molar-refractivity contribution in [3.05, 3.63) is 25.3 Å². The molecule has 0 rings (SSSR count). The number of hydrogen-bond acceptors (Lipinski definition) is 6. The predicted octanol–water partition coefficient (Wildman–Crippen LogP) is 2.06. The zero-order valence-corrected chi connectivity index (χ0v) is 12.8. The van der Waals surface area contributed by atoms with Crippen molar-refractivity contribution in [1.29, 1.82) is 0 Å². The molecular weight excluding hydrogens is 294 g/mol. The molecule has 0 aliphatic rings. The predicted molar refractivity (Wildman–Crippen MR) is 82.0 cm³/mol. The van der Waals surface area contributed by atoms with E-state index in [1.165, 1.54) is 12.2 Å². The van der Waals surface area contributed by atoms with Gasteiger partial charge in [0, 0.05) is 25.1 Å². The summed E-state index contributed by atoms with van der Waals surface area (Å²) in [5.74, 6) is 0.248. The number of thioether (sulfide) groups is 1. The standard InChI is InChI=1S/C14H21NO5S/c1-3-9-19-12(16)6-5-11-21-13(17)7-8-15-14(18)20-10-4-2/h3-4H,1-2,5-11H2,(H,15,18). The topological polar surface area (TPSA) is 81.7 Å². The Morgan fingerprint density at radius 1 is 1.05 bits per heavy atom. The molecule has 0 unspecified atom stereocenters. The highest BCUT2D eigenvalue weighted by Crippen LogP contribution is 2.08. The van der Waals surface area contributed by atoms with Crippen LogP contribution in [0.2, 0.25) is 0 Å². The molecule has 1 amide bonds. The molecule has 1 N–H and O–H groups in total. The van der Waals surface area contributed by atoms with E-state index in [0.29, 0.717) is 12.2 Å². The van der Waals surface area contributed by atoms with Crippen LogP contribution in [-0.4, -0.2) is 42.7 Å². The monoisotopic (exact) mass is 315 g/mol. The van der Waals surface area contributed by atoms with Gasteiger partial charge >= 0.3 is 12.1 Å². The van der Waals surface area contributed by atoms with E-state index in [0.717, 1.165) is 11.8 Å². The molecule has 0 radical (unpaired) electrons. The zero-order chi connectivity index (χ0) is 15.9. The molecule has 6 nitrogen and oxygen atoms in total. The molecule has 0 aromatic heterocycles. The van der Waals surface area contributed by atoms with E-state index in [2.05, 4.69) is 23.2 Å². The lowest BCUT2D eigenvalue weighted by Gasteiger charge is -2.04. The Morgan fingerprint density at radius 3 is 2.38 bits per heavy atom. The van der Waals surface area contributed by atoms with Gasteiger partial charge in [0.15, 0.2) is 5.12 Å². The fraction of sp³-hybridized carbons (Fsp3) is 0.500. The Balaban J connectivity index is 3.50. The third kappa shape index (κ3) is 13.0. The van der Waals surface area contributed by atoms with Crippen molar-refractivity contribution in [2.75, 3.05) is 25.5 Å². The molecule has 118 valence electrons. The number of ether oxygens (including phenoxy) is 2. The summed E-state index contributed by atoms with van der Waals surface area (Å²) >= 11 is 1.14. The van der Waals surface area contributed by atoms with Gasteiger partial charge < -0.3 is 14.8 Å². The fourth-order valence-corrected chi connectivity index (χ4v) is 1.91. The average molecular weight is 315 g/mol. The van der Waals surface area contributed by atoms with Crippen LogP contribution in [-0.2, 0) is 19.1 Å². The van der Waals surface area contributed by atoms with Crippen LogP contribution in [0, 0.1) is 0 Å². The van der Waals surface area contributed by atoms with E-state index in [-0.39, 0.29) is 43.7 Å². The normalized spacial score (nSPS) is 9.52. The van der Waals surface area contributed by atoms with E-state index in [4.69, 9.17) is 4.74 Å². The van der Waals surface area contributed by atoms with Gasteiger partial charge in [-0.15, -0.1) is 0 Å². The van der Waals surface area contributed by atoms with E-state index < -0.39 is 6.09 Å². The van der Waals surface area contributed by atoms with Crippen LogP contribution < -0.4 is 5.32 Å². The Morgan fingerprint density at radius 2 is 1.71 bits per heavy atom. The molecular formula is C14H21NO5S. The first-order valence-electron chi connectivity index (χ1n) is 6.53. The van der Waals surface area contributed by atoms with Gasteiger partial charge in [0.1, 0.15) is 13.2 Å². The molecule has 0 atom stereocenters. The SMILES string of the molecule is C=CCOC(=O)CCCSC(=O)CCNC(=O)OCC=C. The minimum atomic E-state index is -0.572. The molecule has 0 heterocycles. The largest absolute Gasteiger partial charge is 0.461 e. The average Bonchev–Trinajstić information content (AvgIpc) is 2.47. The van der Waals surface area contributed by atoms with Crippen LogP contribution in [0.1, 0.15) is 19.3 Å². The van der Waals surface area contributed by atoms with Crippen molar-refractivity contribution in [2.45, 2.75) is 19.3 Å². The van der Waals surface area contributed by atoms with Crippen LogP contribution in [0.25, 0.3) is 0 Å². The van der Waals surface area contributed by atoms with Gasteiger partial charge in [0.05, 0.1) is 0 Å². The van der Waals surface area contributed by atoms with Gasteiger partial charge in [-0.3, -0.25) is 9.59 Å². The van der Waals surface area contributed by atoms with Crippen LogP contribution in [0.15, 0.2) is 25.3 Å². The van der Waals surface area contributed by atoms with Gasteiger partial charge in [-0.2, -0.15) is 0 Å². The summed E-state index contributed by atoms with van der Waals surface area (Å²) < 4.78 is 9.49. The van der Waals surface area contributed by atoms with Gasteiger partial charge in [-0.1, -0.05) is 37.1 Å². The first-order chi connectivity index (χ1) is 10.1. The molecule has 0 aromatic carbocycles. The van der Waals surface area contributed by atoms with E-state index in [9.17, 15) is 14.4 Å². The highest BCUT2D eigenvalue weighted by Gasteiger charge is 2.06. The van der Waals surface area contributed by atoms with Crippen LogP contribution in [0.4, 0.5) is 4.79 Å². The lowest BCUT2D eigenvalue weighted by atomic mass is 10.3. The van der Waals surface area contributed by atoms with Crippen molar-refractivity contribution in [2.24, 2.45) is 0 Å². The third-order valence-corrected chi connectivity index (χ3v) is 3.10.